The van der Waals surface area contributed by atoms with Gasteiger partial charge in [-0.15, -0.1) is 0 Å². The number of hydrogen-bond donors (Lipinski definition) is 3. The lowest BCUT2D eigenvalue weighted by atomic mass is 9.68. The van der Waals surface area contributed by atoms with Crippen LogP contribution in [0.4, 0.5) is 0 Å². The van der Waals surface area contributed by atoms with Gasteiger partial charge in [0.15, 0.2) is 0 Å². The average molecular weight is 507 g/mol. The smallest absolute Gasteiger partial charge is 0.238 e. The number of primary amides is 1. The summed E-state index contributed by atoms with van der Waals surface area (Å²) in [5.41, 5.74) is 2.80. The summed E-state index contributed by atoms with van der Waals surface area (Å²) in [5, 5.41) is 24.4. The Morgan fingerprint density at radius 3 is 1.31 bits per heavy atom. The van der Waals surface area contributed by atoms with Crippen LogP contribution in [0, 0.1) is 17.3 Å². The monoisotopic (exact) mass is 506 g/mol. The minimum Gasteiger partial charge on any atom is -0.388 e. The molecule has 0 aromatic heterocycles. The van der Waals surface area contributed by atoms with Crippen molar-refractivity contribution in [1.29, 1.82) is 0 Å². The second kappa shape index (κ2) is 12.1. The molecule has 208 valence electrons. The quantitative estimate of drug-likeness (QED) is 0.342. The summed E-state index contributed by atoms with van der Waals surface area (Å²) < 4.78 is 0. The molecule has 3 saturated carbocycles. The van der Waals surface area contributed by atoms with Gasteiger partial charge in [0.25, 0.3) is 0 Å². The van der Waals surface area contributed by atoms with Crippen molar-refractivity contribution in [3.63, 3.8) is 0 Å². The Morgan fingerprint density at radius 2 is 1.00 bits per heavy atom. The molecule has 0 radical (unpaired) electrons. The van der Waals surface area contributed by atoms with Crippen molar-refractivity contribution in [2.24, 2.45) is 23.0 Å². The Hall–Kier alpha value is -1.14. The minimum absolute atomic E-state index is 0.219. The molecule has 0 aliphatic heterocycles. The zero-order valence-electron chi connectivity index (χ0n) is 23.6. The molecule has 2 atom stereocenters. The highest BCUT2D eigenvalue weighted by Crippen LogP contribution is 2.46. The lowest BCUT2D eigenvalue weighted by molar-refractivity contribution is -0.180. The van der Waals surface area contributed by atoms with Crippen LogP contribution >= 0.6 is 0 Å². The van der Waals surface area contributed by atoms with Crippen molar-refractivity contribution >= 4 is 11.8 Å². The van der Waals surface area contributed by atoms with E-state index >= 15 is 0 Å². The number of carbonyl (C=O) groups excluding carboxylic acids is 2. The topological polar surface area (TPSA) is 104 Å². The molecule has 0 spiro atoms. The maximum absolute atomic E-state index is 14.9. The van der Waals surface area contributed by atoms with E-state index in [4.69, 9.17) is 5.73 Å². The van der Waals surface area contributed by atoms with Gasteiger partial charge in [0.1, 0.15) is 5.41 Å². The molecule has 2 amide bonds. The van der Waals surface area contributed by atoms with E-state index in [0.717, 1.165) is 57.8 Å². The van der Waals surface area contributed by atoms with Gasteiger partial charge in [-0.1, -0.05) is 85.5 Å². The molecule has 3 aliphatic carbocycles. The molecule has 36 heavy (non-hydrogen) atoms. The van der Waals surface area contributed by atoms with Gasteiger partial charge in [0.2, 0.25) is 11.8 Å². The van der Waals surface area contributed by atoms with Crippen molar-refractivity contribution in [1.82, 2.24) is 4.90 Å². The second-order valence-corrected chi connectivity index (χ2v) is 13.3. The van der Waals surface area contributed by atoms with Gasteiger partial charge in [-0.05, 0) is 63.2 Å². The van der Waals surface area contributed by atoms with Gasteiger partial charge in [0.05, 0.1) is 23.3 Å². The maximum atomic E-state index is 14.9. The number of aliphatic hydroxyl groups is 2. The van der Waals surface area contributed by atoms with Crippen LogP contribution in [-0.4, -0.2) is 50.2 Å². The zero-order chi connectivity index (χ0) is 26.6. The molecule has 0 heterocycles. The summed E-state index contributed by atoms with van der Waals surface area (Å²) in [4.78, 5) is 29.8. The van der Waals surface area contributed by atoms with Crippen molar-refractivity contribution in [3.05, 3.63) is 0 Å². The van der Waals surface area contributed by atoms with Gasteiger partial charge in [-0.25, -0.2) is 0 Å². The van der Waals surface area contributed by atoms with Gasteiger partial charge < -0.3 is 20.8 Å². The first-order valence-corrected chi connectivity index (χ1v) is 15.0. The van der Waals surface area contributed by atoms with E-state index in [1.54, 1.807) is 0 Å². The van der Waals surface area contributed by atoms with Crippen LogP contribution in [0.3, 0.4) is 0 Å². The summed E-state index contributed by atoms with van der Waals surface area (Å²) in [6.07, 6.45) is 13.4. The number of nitrogens with zero attached hydrogens (tertiary/aromatic N) is 1. The molecular weight excluding hydrogens is 452 g/mol. The maximum Gasteiger partial charge on any atom is 0.238 e. The number of amides is 2. The molecular formula is C30H54N2O4. The second-order valence-electron chi connectivity index (χ2n) is 13.3. The standard InChI is InChI=1S/C30H54N2O4/c1-22(2)20-24(29(35)16-10-6-11-17-29)32(27(34)28(26(31)33)14-8-5-9-15-28)25(21-23(3)4)30(36)18-12-7-13-19-30/h22-25,35-36H,5-21H2,1-4H3,(H2,31,33). The number of nitrogens with two attached hydrogens (primary N) is 1. The Labute approximate surface area is 219 Å². The molecule has 4 N–H and O–H groups in total. The van der Waals surface area contributed by atoms with Gasteiger partial charge in [-0.2, -0.15) is 0 Å². The number of rotatable bonds is 10. The van der Waals surface area contributed by atoms with Crippen LogP contribution in [0.1, 0.15) is 137 Å². The van der Waals surface area contributed by atoms with Crippen LogP contribution in [0.15, 0.2) is 0 Å². The first kappa shape index (κ1) is 29.4. The average Bonchev–Trinajstić information content (AvgIpc) is 2.83. The van der Waals surface area contributed by atoms with Gasteiger partial charge >= 0.3 is 0 Å². The predicted molar refractivity (Wildman–Crippen MR) is 144 cm³/mol. The van der Waals surface area contributed by atoms with Gasteiger partial charge in [-0.3, -0.25) is 9.59 Å². The molecule has 3 rings (SSSR count). The highest BCUT2D eigenvalue weighted by molar-refractivity contribution is 6.04. The van der Waals surface area contributed by atoms with Crippen LogP contribution in [-0.2, 0) is 9.59 Å². The third-order valence-electron chi connectivity index (χ3n) is 9.56. The number of hydrogen-bond acceptors (Lipinski definition) is 4. The first-order valence-electron chi connectivity index (χ1n) is 15.0. The van der Waals surface area contributed by atoms with E-state index in [1.807, 2.05) is 4.90 Å². The molecule has 0 saturated heterocycles. The van der Waals surface area contributed by atoms with Crippen LogP contribution in [0.2, 0.25) is 0 Å². The normalized spacial score (nSPS) is 25.3. The lowest BCUT2D eigenvalue weighted by Crippen LogP contribution is -2.68. The SMILES string of the molecule is CC(C)CC(N(C(=O)C1(C(N)=O)CCCCC1)C(CC(C)C)C1(O)CCCCC1)C1(O)CCCCC1. The summed E-state index contributed by atoms with van der Waals surface area (Å²) in [7, 11) is 0. The molecule has 0 bridgehead atoms. The Morgan fingerprint density at radius 1 is 0.667 bits per heavy atom. The molecule has 0 aromatic rings. The first-order chi connectivity index (χ1) is 17.0. The Kier molecular flexibility index (Phi) is 9.93. The third-order valence-corrected chi connectivity index (χ3v) is 9.56. The van der Waals surface area contributed by atoms with E-state index in [0.29, 0.717) is 51.4 Å². The molecule has 6 nitrogen and oxygen atoms in total. The predicted octanol–water partition coefficient (Wildman–Crippen LogP) is 5.47. The van der Waals surface area contributed by atoms with E-state index in [-0.39, 0.29) is 17.7 Å². The summed E-state index contributed by atoms with van der Waals surface area (Å²) in [6, 6.07) is -0.865. The molecule has 0 aromatic carbocycles. The zero-order valence-corrected chi connectivity index (χ0v) is 23.6. The van der Waals surface area contributed by atoms with Crippen LogP contribution < -0.4 is 5.73 Å². The lowest BCUT2D eigenvalue weighted by Gasteiger charge is -2.55. The van der Waals surface area contributed by atoms with Crippen LogP contribution in [0.25, 0.3) is 0 Å². The van der Waals surface area contributed by atoms with Crippen molar-refractivity contribution in [2.45, 2.75) is 160 Å². The van der Waals surface area contributed by atoms with E-state index in [1.165, 1.54) is 0 Å². The highest BCUT2D eigenvalue weighted by atomic mass is 16.3. The van der Waals surface area contributed by atoms with E-state index < -0.39 is 34.6 Å². The summed E-state index contributed by atoms with van der Waals surface area (Å²) in [5.74, 6) is -0.236. The highest BCUT2D eigenvalue weighted by Gasteiger charge is 2.56. The fraction of sp³-hybridized carbons (Fsp3) is 0.933. The van der Waals surface area contributed by atoms with Gasteiger partial charge in [0, 0.05) is 0 Å². The number of carbonyl (C=O) groups is 2. The Balaban J connectivity index is 2.19. The van der Waals surface area contributed by atoms with Crippen molar-refractivity contribution in [3.8, 4) is 0 Å². The summed E-state index contributed by atoms with van der Waals surface area (Å²) in [6.45, 7) is 8.55. The molecule has 3 fully saturated rings. The largest absolute Gasteiger partial charge is 0.388 e. The van der Waals surface area contributed by atoms with Crippen LogP contribution in [0.5, 0.6) is 0 Å². The molecule has 2 unspecified atom stereocenters. The van der Waals surface area contributed by atoms with E-state index in [9.17, 15) is 19.8 Å². The van der Waals surface area contributed by atoms with E-state index in [2.05, 4.69) is 27.7 Å². The van der Waals surface area contributed by atoms with Crippen molar-refractivity contribution in [2.75, 3.05) is 0 Å². The fourth-order valence-corrected chi connectivity index (χ4v) is 7.54. The fourth-order valence-electron chi connectivity index (χ4n) is 7.54. The third kappa shape index (κ3) is 6.28. The minimum atomic E-state index is -1.24. The Bertz CT molecular complexity index is 693. The van der Waals surface area contributed by atoms with Crippen molar-refractivity contribution < 1.29 is 19.8 Å². The molecule has 3 aliphatic rings. The molecule has 6 heteroatoms. The summed E-state index contributed by atoms with van der Waals surface area (Å²) >= 11 is 0.